The lowest BCUT2D eigenvalue weighted by Crippen LogP contribution is -2.19. The summed E-state index contributed by atoms with van der Waals surface area (Å²) in [4.78, 5) is 0. The van der Waals surface area contributed by atoms with E-state index in [2.05, 4.69) is 31.3 Å². The Morgan fingerprint density at radius 1 is 1.25 bits per heavy atom. The summed E-state index contributed by atoms with van der Waals surface area (Å²) < 4.78 is 13.2. The third-order valence-corrected chi connectivity index (χ3v) is 3.42. The molecule has 2 aromatic carbocycles. The Balaban J connectivity index is 2.06. The largest absolute Gasteiger partial charge is 0.306 e. The molecule has 0 aromatic heterocycles. The van der Waals surface area contributed by atoms with Gasteiger partial charge in [-0.05, 0) is 42.7 Å². The van der Waals surface area contributed by atoms with Crippen LogP contribution < -0.4 is 5.32 Å². The lowest BCUT2D eigenvalue weighted by molar-refractivity contribution is 0.570. The van der Waals surface area contributed by atoms with E-state index in [-0.39, 0.29) is 11.6 Å². The van der Waals surface area contributed by atoms with Crippen molar-refractivity contribution in [3.8, 4) is 6.07 Å². The zero-order valence-corrected chi connectivity index (χ0v) is 11.7. The van der Waals surface area contributed by atoms with Gasteiger partial charge < -0.3 is 5.32 Å². The molecule has 2 rings (SSSR count). The number of nitrogens with zero attached hydrogens (tertiary/aromatic N) is 1. The van der Waals surface area contributed by atoms with Gasteiger partial charge in [0.25, 0.3) is 0 Å². The van der Waals surface area contributed by atoms with Crippen molar-refractivity contribution in [3.63, 3.8) is 0 Å². The van der Waals surface area contributed by atoms with Gasteiger partial charge in [-0.2, -0.15) is 5.26 Å². The summed E-state index contributed by atoms with van der Waals surface area (Å²) in [7, 11) is 0. The molecule has 0 aliphatic carbocycles. The van der Waals surface area contributed by atoms with Crippen molar-refractivity contribution >= 4 is 0 Å². The zero-order chi connectivity index (χ0) is 14.5. The minimum absolute atomic E-state index is 0.0906. The molecular formula is C17H17FN2. The molecule has 3 heteroatoms. The van der Waals surface area contributed by atoms with Gasteiger partial charge in [-0.1, -0.05) is 30.3 Å². The fourth-order valence-corrected chi connectivity index (χ4v) is 2.22. The highest BCUT2D eigenvalue weighted by molar-refractivity contribution is 5.34. The molecule has 0 amide bonds. The molecule has 0 bridgehead atoms. The van der Waals surface area contributed by atoms with Crippen LogP contribution >= 0.6 is 0 Å². The second-order valence-electron chi connectivity index (χ2n) is 4.89. The minimum atomic E-state index is -0.469. The monoisotopic (exact) mass is 268 g/mol. The molecule has 1 atom stereocenters. The first-order chi connectivity index (χ1) is 9.61. The van der Waals surface area contributed by atoms with Crippen LogP contribution in [-0.4, -0.2) is 0 Å². The van der Waals surface area contributed by atoms with Gasteiger partial charge in [-0.3, -0.25) is 0 Å². The Bertz CT molecular complexity index is 644. The third kappa shape index (κ3) is 3.23. The number of nitriles is 1. The molecule has 1 unspecified atom stereocenters. The number of aryl methyl sites for hydroxylation is 1. The number of nitrogens with one attached hydrogen (secondary N) is 1. The zero-order valence-electron chi connectivity index (χ0n) is 11.7. The van der Waals surface area contributed by atoms with Crippen LogP contribution in [0.25, 0.3) is 0 Å². The smallest absolute Gasteiger partial charge is 0.140 e. The maximum Gasteiger partial charge on any atom is 0.140 e. The first-order valence-electron chi connectivity index (χ1n) is 6.59. The van der Waals surface area contributed by atoms with Gasteiger partial charge in [-0.15, -0.1) is 0 Å². The molecule has 0 heterocycles. The van der Waals surface area contributed by atoms with Crippen LogP contribution in [0.4, 0.5) is 4.39 Å². The lowest BCUT2D eigenvalue weighted by Gasteiger charge is -2.16. The number of halogens is 1. The number of hydrogen-bond acceptors (Lipinski definition) is 2. The van der Waals surface area contributed by atoms with E-state index in [1.807, 2.05) is 18.2 Å². The van der Waals surface area contributed by atoms with Crippen molar-refractivity contribution in [2.45, 2.75) is 26.4 Å². The maximum atomic E-state index is 13.2. The second kappa shape index (κ2) is 6.31. The molecular weight excluding hydrogens is 251 g/mol. The Morgan fingerprint density at radius 2 is 2.00 bits per heavy atom. The molecule has 1 N–H and O–H groups in total. The molecule has 0 aliphatic heterocycles. The van der Waals surface area contributed by atoms with Crippen LogP contribution in [0.1, 0.15) is 35.2 Å². The summed E-state index contributed by atoms with van der Waals surface area (Å²) in [5.41, 5.74) is 3.48. The van der Waals surface area contributed by atoms with E-state index < -0.39 is 5.82 Å². The van der Waals surface area contributed by atoms with Crippen LogP contribution in [0.2, 0.25) is 0 Å². The highest BCUT2D eigenvalue weighted by Gasteiger charge is 2.08. The van der Waals surface area contributed by atoms with E-state index in [0.717, 1.165) is 5.56 Å². The van der Waals surface area contributed by atoms with E-state index in [4.69, 9.17) is 5.26 Å². The minimum Gasteiger partial charge on any atom is -0.306 e. The summed E-state index contributed by atoms with van der Waals surface area (Å²) >= 11 is 0. The molecule has 20 heavy (non-hydrogen) atoms. The van der Waals surface area contributed by atoms with E-state index in [1.54, 1.807) is 12.1 Å². The molecule has 0 fully saturated rings. The second-order valence-corrected chi connectivity index (χ2v) is 4.89. The highest BCUT2D eigenvalue weighted by Crippen LogP contribution is 2.17. The van der Waals surface area contributed by atoms with Crippen LogP contribution in [0.5, 0.6) is 0 Å². The fourth-order valence-electron chi connectivity index (χ4n) is 2.22. The number of hydrogen-bond donors (Lipinski definition) is 1. The lowest BCUT2D eigenvalue weighted by atomic mass is 10.0. The molecule has 0 aliphatic rings. The average molecular weight is 268 g/mol. The van der Waals surface area contributed by atoms with Crippen molar-refractivity contribution in [1.82, 2.24) is 5.32 Å². The summed E-state index contributed by atoms with van der Waals surface area (Å²) in [5, 5.41) is 12.2. The van der Waals surface area contributed by atoms with Crippen molar-refractivity contribution in [1.29, 1.82) is 5.26 Å². The van der Waals surface area contributed by atoms with Gasteiger partial charge in [0.05, 0.1) is 5.56 Å². The van der Waals surface area contributed by atoms with Crippen LogP contribution in [0, 0.1) is 24.1 Å². The molecule has 0 saturated carbocycles. The van der Waals surface area contributed by atoms with Crippen molar-refractivity contribution in [2.24, 2.45) is 0 Å². The van der Waals surface area contributed by atoms with Crippen LogP contribution in [-0.2, 0) is 6.54 Å². The number of benzene rings is 2. The first kappa shape index (κ1) is 14.2. The predicted octanol–water partition coefficient (Wildman–Crippen LogP) is 3.86. The van der Waals surface area contributed by atoms with Gasteiger partial charge in [0.2, 0.25) is 0 Å². The molecule has 2 nitrogen and oxygen atoms in total. The summed E-state index contributed by atoms with van der Waals surface area (Å²) in [5.74, 6) is -0.469. The van der Waals surface area contributed by atoms with Crippen molar-refractivity contribution in [3.05, 3.63) is 70.5 Å². The van der Waals surface area contributed by atoms with E-state index in [0.29, 0.717) is 6.54 Å². The quantitative estimate of drug-likeness (QED) is 0.914. The molecule has 0 saturated heterocycles. The Kier molecular flexibility index (Phi) is 4.49. The molecule has 0 spiro atoms. The Labute approximate surface area is 118 Å². The van der Waals surface area contributed by atoms with Crippen LogP contribution in [0.3, 0.4) is 0 Å². The summed E-state index contributed by atoms with van der Waals surface area (Å²) in [6, 6.07) is 14.9. The van der Waals surface area contributed by atoms with Gasteiger partial charge >= 0.3 is 0 Å². The van der Waals surface area contributed by atoms with E-state index in [1.165, 1.54) is 17.2 Å². The van der Waals surface area contributed by atoms with E-state index >= 15 is 0 Å². The molecule has 2 aromatic rings. The number of rotatable bonds is 4. The topological polar surface area (TPSA) is 35.8 Å². The van der Waals surface area contributed by atoms with Crippen molar-refractivity contribution in [2.75, 3.05) is 0 Å². The maximum absolute atomic E-state index is 13.2. The molecule has 0 radical (unpaired) electrons. The van der Waals surface area contributed by atoms with E-state index in [9.17, 15) is 4.39 Å². The van der Waals surface area contributed by atoms with Gasteiger partial charge in [-0.25, -0.2) is 4.39 Å². The van der Waals surface area contributed by atoms with Crippen LogP contribution in [0.15, 0.2) is 42.5 Å². The van der Waals surface area contributed by atoms with Gasteiger partial charge in [0.1, 0.15) is 11.9 Å². The fraction of sp³-hybridized carbons (Fsp3) is 0.235. The SMILES string of the molecule is Cc1ccccc1C(C)NCc1ccc(F)c(C#N)c1. The first-order valence-corrected chi connectivity index (χ1v) is 6.59. The average Bonchev–Trinajstić information content (AvgIpc) is 2.46. The van der Waals surface area contributed by atoms with Crippen molar-refractivity contribution < 1.29 is 4.39 Å². The normalized spacial score (nSPS) is 11.9. The highest BCUT2D eigenvalue weighted by atomic mass is 19.1. The summed E-state index contributed by atoms with van der Waals surface area (Å²) in [6.07, 6.45) is 0. The van der Waals surface area contributed by atoms with Gasteiger partial charge in [0.15, 0.2) is 0 Å². The molecule has 102 valence electrons. The third-order valence-electron chi connectivity index (χ3n) is 3.42. The summed E-state index contributed by atoms with van der Waals surface area (Å²) in [6.45, 7) is 4.78. The Hall–Kier alpha value is -2.18. The Morgan fingerprint density at radius 3 is 2.70 bits per heavy atom. The van der Waals surface area contributed by atoms with Gasteiger partial charge in [0, 0.05) is 12.6 Å². The predicted molar refractivity (Wildman–Crippen MR) is 77.5 cm³/mol. The standard InChI is InChI=1S/C17H17FN2/c1-12-5-3-4-6-16(12)13(2)20-11-14-7-8-17(18)15(9-14)10-19/h3-9,13,20H,11H2,1-2H3.